The summed E-state index contributed by atoms with van der Waals surface area (Å²) in [4.78, 5) is 18.1. The van der Waals surface area contributed by atoms with E-state index in [1.54, 1.807) is 14.2 Å². The molecule has 2 aromatic carbocycles. The molecule has 3 aromatic rings. The Morgan fingerprint density at radius 3 is 2.58 bits per heavy atom. The van der Waals surface area contributed by atoms with Crippen LogP contribution in [0.1, 0.15) is 43.7 Å². The van der Waals surface area contributed by atoms with Crippen LogP contribution in [-0.2, 0) is 13.0 Å². The second-order valence-corrected chi connectivity index (χ2v) is 9.43. The predicted molar refractivity (Wildman–Crippen MR) is 147 cm³/mol. The first kappa shape index (κ1) is 25.8. The Bertz CT molecular complexity index is 1250. The van der Waals surface area contributed by atoms with Gasteiger partial charge in [-0.2, -0.15) is 0 Å². The summed E-state index contributed by atoms with van der Waals surface area (Å²) >= 11 is 5.85. The van der Waals surface area contributed by atoms with Crippen molar-refractivity contribution < 1.29 is 14.2 Å². The van der Waals surface area contributed by atoms with Gasteiger partial charge < -0.3 is 29.4 Å². The average molecular weight is 510 g/mol. The van der Waals surface area contributed by atoms with Gasteiger partial charge in [0, 0.05) is 29.1 Å². The highest BCUT2D eigenvalue weighted by Gasteiger charge is 2.25. The van der Waals surface area contributed by atoms with Gasteiger partial charge in [-0.3, -0.25) is 4.79 Å². The Labute approximate surface area is 217 Å². The SMILES string of the molecule is CCOc1ccc2[nH]c(=O)c(CN(C(=S)NCCc3ccc(OC)c(OC)c3)C3CCCC3)cc2c1. The molecule has 0 bridgehead atoms. The van der Waals surface area contributed by atoms with Gasteiger partial charge in [-0.15, -0.1) is 0 Å². The van der Waals surface area contributed by atoms with Gasteiger partial charge in [-0.1, -0.05) is 18.9 Å². The molecule has 7 nitrogen and oxygen atoms in total. The van der Waals surface area contributed by atoms with Crippen molar-refractivity contribution in [2.24, 2.45) is 0 Å². The Morgan fingerprint density at radius 2 is 1.86 bits per heavy atom. The van der Waals surface area contributed by atoms with Gasteiger partial charge >= 0.3 is 0 Å². The number of aromatic nitrogens is 1. The van der Waals surface area contributed by atoms with Crippen molar-refractivity contribution in [3.8, 4) is 17.2 Å². The molecule has 1 fully saturated rings. The van der Waals surface area contributed by atoms with E-state index in [4.69, 9.17) is 26.4 Å². The van der Waals surface area contributed by atoms with E-state index in [0.29, 0.717) is 47.9 Å². The molecule has 1 heterocycles. The Hall–Kier alpha value is -3.26. The van der Waals surface area contributed by atoms with E-state index in [0.717, 1.165) is 41.5 Å². The van der Waals surface area contributed by atoms with E-state index < -0.39 is 0 Å². The van der Waals surface area contributed by atoms with Crippen LogP contribution in [0, 0.1) is 0 Å². The van der Waals surface area contributed by atoms with Crippen LogP contribution in [0.2, 0.25) is 0 Å². The number of hydrogen-bond donors (Lipinski definition) is 2. The molecular weight excluding hydrogens is 474 g/mol. The third kappa shape index (κ3) is 6.10. The normalized spacial score (nSPS) is 13.5. The van der Waals surface area contributed by atoms with Gasteiger partial charge in [0.15, 0.2) is 16.6 Å². The van der Waals surface area contributed by atoms with Crippen LogP contribution in [0.15, 0.2) is 47.3 Å². The first-order valence-electron chi connectivity index (χ1n) is 12.6. The number of hydrogen-bond acceptors (Lipinski definition) is 5. The molecule has 36 heavy (non-hydrogen) atoms. The third-order valence-corrected chi connectivity index (χ3v) is 7.09. The molecule has 1 aliphatic carbocycles. The lowest BCUT2D eigenvalue weighted by atomic mass is 10.1. The highest BCUT2D eigenvalue weighted by Crippen LogP contribution is 2.28. The summed E-state index contributed by atoms with van der Waals surface area (Å²) in [6.45, 7) is 3.71. The lowest BCUT2D eigenvalue weighted by molar-refractivity contribution is 0.302. The van der Waals surface area contributed by atoms with E-state index in [1.165, 1.54) is 12.8 Å². The summed E-state index contributed by atoms with van der Waals surface area (Å²) < 4.78 is 16.4. The van der Waals surface area contributed by atoms with Crippen molar-refractivity contribution >= 4 is 28.2 Å². The number of H-pyrrole nitrogens is 1. The summed E-state index contributed by atoms with van der Waals surface area (Å²) in [7, 11) is 3.27. The zero-order valence-electron chi connectivity index (χ0n) is 21.3. The smallest absolute Gasteiger partial charge is 0.253 e. The van der Waals surface area contributed by atoms with Gasteiger partial charge in [-0.05, 0) is 80.4 Å². The molecule has 2 N–H and O–H groups in total. The minimum atomic E-state index is -0.0808. The average Bonchev–Trinajstić information content (AvgIpc) is 3.42. The maximum absolute atomic E-state index is 12.9. The number of nitrogens with zero attached hydrogens (tertiary/aromatic N) is 1. The molecule has 1 aliphatic rings. The van der Waals surface area contributed by atoms with Gasteiger partial charge in [0.1, 0.15) is 5.75 Å². The summed E-state index contributed by atoms with van der Waals surface area (Å²) in [5, 5.41) is 5.07. The maximum Gasteiger partial charge on any atom is 0.253 e. The fourth-order valence-electron chi connectivity index (χ4n) is 4.82. The monoisotopic (exact) mass is 509 g/mol. The highest BCUT2D eigenvalue weighted by molar-refractivity contribution is 7.80. The molecule has 4 rings (SSSR count). The molecule has 1 saturated carbocycles. The summed E-state index contributed by atoms with van der Waals surface area (Å²) in [6, 6.07) is 14.0. The van der Waals surface area contributed by atoms with E-state index in [-0.39, 0.29) is 5.56 Å². The van der Waals surface area contributed by atoms with Crippen molar-refractivity contribution in [3.05, 3.63) is 63.9 Å². The number of benzene rings is 2. The van der Waals surface area contributed by atoms with Gasteiger partial charge in [0.05, 0.1) is 27.4 Å². The second kappa shape index (κ2) is 12.1. The molecule has 1 aromatic heterocycles. The topological polar surface area (TPSA) is 75.8 Å². The quantitative estimate of drug-likeness (QED) is 0.380. The van der Waals surface area contributed by atoms with Crippen LogP contribution in [0.3, 0.4) is 0 Å². The fraction of sp³-hybridized carbons (Fsp3) is 0.429. The lowest BCUT2D eigenvalue weighted by Gasteiger charge is -2.31. The van der Waals surface area contributed by atoms with Crippen molar-refractivity contribution in [3.63, 3.8) is 0 Å². The minimum Gasteiger partial charge on any atom is -0.494 e. The highest BCUT2D eigenvalue weighted by atomic mass is 32.1. The van der Waals surface area contributed by atoms with Gasteiger partial charge in [0.2, 0.25) is 0 Å². The van der Waals surface area contributed by atoms with Crippen LogP contribution in [0.4, 0.5) is 0 Å². The number of aromatic amines is 1. The van der Waals surface area contributed by atoms with Crippen LogP contribution in [0.25, 0.3) is 10.9 Å². The number of fused-ring (bicyclic) bond motifs is 1. The number of rotatable bonds is 10. The van der Waals surface area contributed by atoms with E-state index in [2.05, 4.69) is 15.2 Å². The molecule has 0 radical (unpaired) electrons. The second-order valence-electron chi connectivity index (χ2n) is 9.04. The molecule has 0 atom stereocenters. The largest absolute Gasteiger partial charge is 0.494 e. The van der Waals surface area contributed by atoms with Crippen molar-refractivity contribution in [2.75, 3.05) is 27.4 Å². The van der Waals surface area contributed by atoms with Crippen molar-refractivity contribution in [1.82, 2.24) is 15.2 Å². The van der Waals surface area contributed by atoms with Crippen LogP contribution in [-0.4, -0.2) is 48.4 Å². The molecule has 8 heteroatoms. The molecule has 0 unspecified atom stereocenters. The van der Waals surface area contributed by atoms with Crippen LogP contribution >= 0.6 is 12.2 Å². The number of pyridine rings is 1. The number of ether oxygens (including phenoxy) is 3. The van der Waals surface area contributed by atoms with Gasteiger partial charge in [-0.25, -0.2) is 0 Å². The Balaban J connectivity index is 1.48. The molecule has 0 saturated heterocycles. The van der Waals surface area contributed by atoms with E-state index in [1.807, 2.05) is 49.4 Å². The zero-order chi connectivity index (χ0) is 25.5. The molecular formula is C28H35N3O4S. The van der Waals surface area contributed by atoms with Gasteiger partial charge in [0.25, 0.3) is 5.56 Å². The lowest BCUT2D eigenvalue weighted by Crippen LogP contribution is -2.45. The Morgan fingerprint density at radius 1 is 1.08 bits per heavy atom. The third-order valence-electron chi connectivity index (χ3n) is 6.71. The number of nitrogens with one attached hydrogen (secondary N) is 2. The first-order chi connectivity index (χ1) is 17.5. The summed E-state index contributed by atoms with van der Waals surface area (Å²) in [5.41, 5.74) is 2.55. The van der Waals surface area contributed by atoms with Crippen LogP contribution < -0.4 is 25.1 Å². The fourth-order valence-corrected chi connectivity index (χ4v) is 5.14. The van der Waals surface area contributed by atoms with Crippen molar-refractivity contribution in [2.45, 2.75) is 51.6 Å². The maximum atomic E-state index is 12.9. The van der Waals surface area contributed by atoms with Crippen LogP contribution in [0.5, 0.6) is 17.2 Å². The predicted octanol–water partition coefficient (Wildman–Crippen LogP) is 4.81. The van der Waals surface area contributed by atoms with E-state index >= 15 is 0 Å². The van der Waals surface area contributed by atoms with Crippen molar-refractivity contribution in [1.29, 1.82) is 0 Å². The molecule has 0 spiro atoms. The minimum absolute atomic E-state index is 0.0808. The first-order valence-corrected chi connectivity index (χ1v) is 13.0. The summed E-state index contributed by atoms with van der Waals surface area (Å²) in [5.74, 6) is 2.22. The molecule has 192 valence electrons. The Kier molecular flexibility index (Phi) is 8.70. The zero-order valence-corrected chi connectivity index (χ0v) is 22.1. The molecule has 0 amide bonds. The number of thiocarbonyl (C=S) groups is 1. The molecule has 0 aliphatic heterocycles. The number of methoxy groups -OCH3 is 2. The van der Waals surface area contributed by atoms with E-state index in [9.17, 15) is 4.79 Å². The standard InChI is InChI=1S/C28H35N3O4S/c1-4-35-23-10-11-24-20(17-23)16-21(27(32)30-24)18-31(22-7-5-6-8-22)28(36)29-14-13-19-9-12-25(33-2)26(15-19)34-3/h9-12,15-17,22H,4-8,13-14,18H2,1-3H3,(H,29,36)(H,30,32). The summed E-state index contributed by atoms with van der Waals surface area (Å²) in [6.07, 6.45) is 5.31.